The van der Waals surface area contributed by atoms with Crippen molar-refractivity contribution in [3.05, 3.63) is 196 Å². The largest absolute Gasteiger partial charge is 0.508 e. The van der Waals surface area contributed by atoms with Crippen LogP contribution in [-0.2, 0) is 63.4 Å². The molecule has 14 nitrogen and oxygen atoms in total. The zero-order valence-corrected chi connectivity index (χ0v) is 52.8. The summed E-state index contributed by atoms with van der Waals surface area (Å²) in [6.45, 7) is 13.6. The van der Waals surface area contributed by atoms with E-state index >= 15 is 0 Å². The fourth-order valence-electron chi connectivity index (χ4n) is 13.9. The molecular weight excluding hydrogens is 1150 g/mol. The van der Waals surface area contributed by atoms with Crippen molar-refractivity contribution in [2.75, 3.05) is 93.7 Å². The van der Waals surface area contributed by atoms with E-state index in [1.165, 1.54) is 50.9 Å². The molecular formula is C73H94F3N5O9. The van der Waals surface area contributed by atoms with Crippen LogP contribution in [0.5, 0.6) is 17.2 Å². The summed E-state index contributed by atoms with van der Waals surface area (Å²) >= 11 is 0. The van der Waals surface area contributed by atoms with Crippen molar-refractivity contribution in [2.24, 2.45) is 17.8 Å². The Labute approximate surface area is 531 Å². The lowest BCUT2D eigenvalue weighted by Gasteiger charge is -2.43. The van der Waals surface area contributed by atoms with Gasteiger partial charge in [0.2, 0.25) is 0 Å². The summed E-state index contributed by atoms with van der Waals surface area (Å²) in [6, 6.07) is 50.2. The van der Waals surface area contributed by atoms with Gasteiger partial charge in [-0.15, -0.1) is 0 Å². The zero-order chi connectivity index (χ0) is 63.5. The molecule has 0 spiro atoms. The number of phenolic OH excluding ortho intramolecular Hbond substituents is 1. The smallest absolute Gasteiger partial charge is 0.138 e. The average Bonchev–Trinajstić information content (AvgIpc) is 1.52. The quantitative estimate of drug-likeness (QED) is 0.0889. The Bertz CT molecular complexity index is 3050. The molecule has 5 fully saturated rings. The number of nitrogens with zero attached hydrogens (tertiary/aromatic N) is 4. The standard InChI is InChI=1S/C25H30N2O3.C20H23NO2.C17H24N2O2.C8H8O2.3CH3F/c28-15-23-7-4-11-27(23)26-12-10-25(19-5-2-1-3-6-19)22(14-26)18-30-24-9-8-20-16-29-17-21(20)13-24;1-2-4-15(5-3-1)20-8-9-21-11-18(20)14-23-19-7-6-16-12-22-13-17(16)10-19;20-12-15-11-18(19-9-4-7-16(19)13-21)10-8-17(15)14-5-2-1-3-6-14;9-8-2-1-6-4-10-5-7(6)3-8;3*1-2/h1-3,5-6,8-9,13,15,22-23,25H,4,7,10-12,14,16-18H2;1-7,10,18,20-21H,8-9,11-14H2;1-3,5-6,13,15-17,20H,4,7-12H2;1-3,9H,4-5H2;3*1H3/t22?,23-,25?;;15?,16-,17?;;;;/m0.0..../s1. The van der Waals surface area contributed by atoms with Gasteiger partial charge in [-0.05, 0) is 156 Å². The van der Waals surface area contributed by atoms with Gasteiger partial charge >= 0.3 is 0 Å². The second-order valence-corrected chi connectivity index (χ2v) is 23.8. The highest BCUT2D eigenvalue weighted by Gasteiger charge is 2.39. The first-order chi connectivity index (χ1) is 44.4. The number of piperidine rings is 3. The minimum atomic E-state index is 0.0385. The van der Waals surface area contributed by atoms with Crippen LogP contribution in [0.1, 0.15) is 113 Å². The highest BCUT2D eigenvalue weighted by atomic mass is 19.1. The number of carbonyl (C=O) groups is 2. The number of alkyl halides is 3. The second-order valence-electron chi connectivity index (χ2n) is 23.8. The van der Waals surface area contributed by atoms with Gasteiger partial charge in [-0.3, -0.25) is 13.2 Å². The van der Waals surface area contributed by atoms with Gasteiger partial charge in [0.1, 0.15) is 29.8 Å². The molecule has 0 bridgehead atoms. The molecule has 8 atom stereocenters. The van der Waals surface area contributed by atoms with E-state index in [1.54, 1.807) is 12.1 Å². The lowest BCUT2D eigenvalue weighted by atomic mass is 9.81. The van der Waals surface area contributed by atoms with Crippen molar-refractivity contribution in [3.63, 3.8) is 0 Å². The summed E-state index contributed by atoms with van der Waals surface area (Å²) in [4.78, 5) is 22.7. The first-order valence-electron chi connectivity index (χ1n) is 32.0. The molecule has 0 aliphatic carbocycles. The highest BCUT2D eigenvalue weighted by Crippen LogP contribution is 2.38. The topological polar surface area (TPSA) is 146 Å². The number of hydrazine groups is 2. The predicted molar refractivity (Wildman–Crippen MR) is 345 cm³/mol. The van der Waals surface area contributed by atoms with E-state index in [-0.39, 0.29) is 24.6 Å². The molecule has 0 radical (unpaired) electrons. The Hall–Kier alpha value is -6.51. The van der Waals surface area contributed by atoms with Crippen molar-refractivity contribution in [1.29, 1.82) is 0 Å². The molecule has 0 amide bonds. The molecule has 6 aromatic carbocycles. The van der Waals surface area contributed by atoms with Crippen LogP contribution in [0.15, 0.2) is 146 Å². The number of nitrogens with one attached hydrogen (secondary N) is 1. The van der Waals surface area contributed by atoms with Gasteiger partial charge in [0, 0.05) is 70.2 Å². The van der Waals surface area contributed by atoms with Crippen molar-refractivity contribution in [2.45, 2.75) is 114 Å². The zero-order valence-electron chi connectivity index (χ0n) is 52.8. The Kier molecular flexibility index (Phi) is 28.6. The van der Waals surface area contributed by atoms with Crippen molar-refractivity contribution in [3.8, 4) is 17.2 Å². The molecule has 5 saturated heterocycles. The Morgan fingerprint density at radius 2 is 0.878 bits per heavy atom. The third-order valence-corrected chi connectivity index (χ3v) is 18.5. The minimum absolute atomic E-state index is 0.0385. The van der Waals surface area contributed by atoms with E-state index in [0.717, 1.165) is 134 Å². The van der Waals surface area contributed by atoms with Gasteiger partial charge in [0.25, 0.3) is 0 Å². The Balaban J connectivity index is 0.000000157. The van der Waals surface area contributed by atoms with E-state index in [4.69, 9.17) is 28.8 Å². The van der Waals surface area contributed by atoms with E-state index in [1.807, 2.05) is 12.1 Å². The number of hydrogen-bond acceptors (Lipinski definition) is 14. The lowest BCUT2D eigenvalue weighted by molar-refractivity contribution is -0.123. The molecule has 14 rings (SSSR count). The van der Waals surface area contributed by atoms with Crippen LogP contribution < -0.4 is 14.8 Å². The molecule has 6 aromatic rings. The van der Waals surface area contributed by atoms with Crippen molar-refractivity contribution in [1.82, 2.24) is 25.4 Å². The fourth-order valence-corrected chi connectivity index (χ4v) is 13.9. The van der Waals surface area contributed by atoms with E-state index in [2.05, 4.69) is 147 Å². The first kappa shape index (κ1) is 69.4. The number of phenols is 1. The highest BCUT2D eigenvalue weighted by molar-refractivity contribution is 5.58. The molecule has 8 aliphatic rings. The van der Waals surface area contributed by atoms with E-state index in [9.17, 15) is 27.9 Å². The van der Waals surface area contributed by atoms with Crippen molar-refractivity contribution < 1.29 is 56.7 Å². The molecule has 8 aliphatic heterocycles. The SMILES string of the molecule is CF.CF.CF.O=C[C@@H]1CCCN1N1CCC(c2ccccc2)C(CO)C1.O=C[C@@H]1CCCN1N1CCC(c2ccccc2)C(COc2ccc3c(c2)COC3)C1.Oc1ccc2c(c1)COC2.c1ccc(C2CCNCC2COc2ccc3c(c2)COC3)cc1. The number of ether oxygens (including phenoxy) is 5. The van der Waals surface area contributed by atoms with Crippen LogP contribution in [0.4, 0.5) is 13.2 Å². The van der Waals surface area contributed by atoms with Crippen LogP contribution in [0.3, 0.4) is 0 Å². The molecule has 0 aromatic heterocycles. The van der Waals surface area contributed by atoms with Crippen LogP contribution in [0.2, 0.25) is 0 Å². The maximum Gasteiger partial charge on any atom is 0.138 e. The summed E-state index contributed by atoms with van der Waals surface area (Å²) in [5, 5.41) is 31.6. The summed E-state index contributed by atoms with van der Waals surface area (Å²) in [7, 11) is 1.50. The van der Waals surface area contributed by atoms with E-state index < -0.39 is 0 Å². The van der Waals surface area contributed by atoms with Gasteiger partial charge in [-0.25, -0.2) is 20.0 Å². The third kappa shape index (κ3) is 18.8. The summed E-state index contributed by atoms with van der Waals surface area (Å²) in [5.41, 5.74) is 11.5. The number of aromatic hydroxyl groups is 1. The number of rotatable bonds is 14. The molecule has 8 heterocycles. The average molecular weight is 1240 g/mol. The van der Waals surface area contributed by atoms with Crippen LogP contribution in [-0.4, -0.2) is 149 Å². The summed E-state index contributed by atoms with van der Waals surface area (Å²) in [6.07, 6.45) is 9.61. The van der Waals surface area contributed by atoms with E-state index in [0.29, 0.717) is 96.5 Å². The van der Waals surface area contributed by atoms with Gasteiger partial charge in [-0.1, -0.05) is 109 Å². The second kappa shape index (κ2) is 37.1. The number of aliphatic hydroxyl groups is 1. The number of halogens is 3. The minimum Gasteiger partial charge on any atom is -0.508 e. The monoisotopic (exact) mass is 1240 g/mol. The lowest BCUT2D eigenvalue weighted by Crippen LogP contribution is -2.53. The summed E-state index contributed by atoms with van der Waals surface area (Å²) in [5.74, 6) is 4.81. The van der Waals surface area contributed by atoms with Crippen LogP contribution in [0, 0.1) is 17.8 Å². The number of aldehydes is 2. The maximum atomic E-state index is 11.5. The molecule has 486 valence electrons. The van der Waals surface area contributed by atoms with Crippen molar-refractivity contribution >= 4 is 12.6 Å². The molecule has 17 heteroatoms. The fraction of sp³-hybridized carbons (Fsp3) is 0.479. The van der Waals surface area contributed by atoms with Crippen LogP contribution >= 0.6 is 0 Å². The molecule has 3 N–H and O–H groups in total. The van der Waals surface area contributed by atoms with Gasteiger partial charge in [0.15, 0.2) is 0 Å². The number of fused-ring (bicyclic) bond motifs is 3. The summed E-state index contributed by atoms with van der Waals surface area (Å²) < 4.78 is 57.1. The third-order valence-electron chi connectivity index (χ3n) is 18.5. The van der Waals surface area contributed by atoms with Gasteiger partial charge in [0.05, 0.1) is 86.5 Å². The predicted octanol–water partition coefficient (Wildman–Crippen LogP) is 12.1. The number of carbonyl (C=O) groups excluding carboxylic acids is 2. The Morgan fingerprint density at radius 1 is 0.478 bits per heavy atom. The van der Waals surface area contributed by atoms with Gasteiger partial charge in [-0.2, -0.15) is 0 Å². The Morgan fingerprint density at radius 3 is 1.33 bits per heavy atom. The number of benzene rings is 6. The maximum absolute atomic E-state index is 11.5. The normalized spacial score (nSPS) is 24.3. The molecule has 0 saturated carbocycles. The molecule has 90 heavy (non-hydrogen) atoms. The first-order valence-corrected chi connectivity index (χ1v) is 32.0. The van der Waals surface area contributed by atoms with Gasteiger partial charge < -0.3 is 48.8 Å². The number of aliphatic hydroxyl groups excluding tert-OH is 1. The van der Waals surface area contributed by atoms with Crippen LogP contribution in [0.25, 0.3) is 0 Å². The molecule has 6 unspecified atom stereocenters. The number of hydrogen-bond donors (Lipinski definition) is 3.